The molecule has 0 amide bonds. The summed E-state index contributed by atoms with van der Waals surface area (Å²) in [7, 11) is 0. The van der Waals surface area contributed by atoms with E-state index in [9.17, 15) is 0 Å². The summed E-state index contributed by atoms with van der Waals surface area (Å²) in [6, 6.07) is 9.83. The number of para-hydroxylation sites is 1. The van der Waals surface area contributed by atoms with E-state index in [1.807, 2.05) is 30.3 Å². The number of ether oxygens (including phenoxy) is 1. The molecule has 64 valence electrons. The molecule has 0 aromatic heterocycles. The zero-order valence-electron chi connectivity index (χ0n) is 7.58. The molecular formula is C11H14O. The third-order valence-corrected chi connectivity index (χ3v) is 1.48. The Balaban J connectivity index is 2.39. The van der Waals surface area contributed by atoms with Crippen molar-refractivity contribution in [3.05, 3.63) is 42.0 Å². The first-order valence-corrected chi connectivity index (χ1v) is 4.10. The number of hydrogen-bond acceptors (Lipinski definition) is 1. The second-order valence-electron chi connectivity index (χ2n) is 2.91. The van der Waals surface area contributed by atoms with Crippen LogP contribution in [0.2, 0.25) is 0 Å². The van der Waals surface area contributed by atoms with Crippen molar-refractivity contribution in [1.82, 2.24) is 0 Å². The third kappa shape index (κ3) is 3.24. The van der Waals surface area contributed by atoms with Crippen LogP contribution in [0.1, 0.15) is 13.8 Å². The topological polar surface area (TPSA) is 9.23 Å². The molecule has 1 aromatic rings. The van der Waals surface area contributed by atoms with Crippen molar-refractivity contribution in [2.45, 2.75) is 13.8 Å². The van der Waals surface area contributed by atoms with Crippen LogP contribution < -0.4 is 4.74 Å². The maximum absolute atomic E-state index is 5.44. The molecule has 1 nitrogen and oxygen atoms in total. The van der Waals surface area contributed by atoms with Gasteiger partial charge in [-0.05, 0) is 32.1 Å². The van der Waals surface area contributed by atoms with Gasteiger partial charge < -0.3 is 4.74 Å². The molecule has 1 heteroatoms. The highest BCUT2D eigenvalue weighted by Gasteiger charge is 1.87. The molecule has 0 N–H and O–H groups in total. The maximum atomic E-state index is 5.44. The molecule has 0 bridgehead atoms. The summed E-state index contributed by atoms with van der Waals surface area (Å²) in [5.41, 5.74) is 1.28. The van der Waals surface area contributed by atoms with Gasteiger partial charge in [-0.2, -0.15) is 0 Å². The highest BCUT2D eigenvalue weighted by molar-refractivity contribution is 5.21. The second kappa shape index (κ2) is 4.60. The molecular weight excluding hydrogens is 148 g/mol. The predicted molar refractivity (Wildman–Crippen MR) is 51.4 cm³/mol. The quantitative estimate of drug-likeness (QED) is 0.621. The Morgan fingerprint density at radius 3 is 2.50 bits per heavy atom. The van der Waals surface area contributed by atoms with Gasteiger partial charge in [-0.3, -0.25) is 0 Å². The molecule has 0 heterocycles. The van der Waals surface area contributed by atoms with Gasteiger partial charge >= 0.3 is 0 Å². The Morgan fingerprint density at radius 1 is 1.25 bits per heavy atom. The van der Waals surface area contributed by atoms with E-state index in [4.69, 9.17) is 4.74 Å². The molecule has 12 heavy (non-hydrogen) atoms. The summed E-state index contributed by atoms with van der Waals surface area (Å²) in [4.78, 5) is 0. The van der Waals surface area contributed by atoms with Crippen molar-refractivity contribution in [1.29, 1.82) is 0 Å². The molecule has 0 unspecified atom stereocenters. The van der Waals surface area contributed by atoms with E-state index >= 15 is 0 Å². The van der Waals surface area contributed by atoms with Crippen LogP contribution in [0.3, 0.4) is 0 Å². The van der Waals surface area contributed by atoms with Crippen LogP contribution in [-0.4, -0.2) is 6.61 Å². The van der Waals surface area contributed by atoms with Crippen LogP contribution in [-0.2, 0) is 0 Å². The fraction of sp³-hybridized carbons (Fsp3) is 0.273. The van der Waals surface area contributed by atoms with Crippen LogP contribution in [0.25, 0.3) is 0 Å². The molecule has 0 spiro atoms. The molecule has 1 aromatic carbocycles. The van der Waals surface area contributed by atoms with E-state index < -0.39 is 0 Å². The Kier molecular flexibility index (Phi) is 3.39. The predicted octanol–water partition coefficient (Wildman–Crippen LogP) is 3.03. The first-order chi connectivity index (χ1) is 5.79. The van der Waals surface area contributed by atoms with E-state index in [1.165, 1.54) is 5.57 Å². The van der Waals surface area contributed by atoms with Crippen molar-refractivity contribution in [3.8, 4) is 5.75 Å². The Hall–Kier alpha value is -1.24. The average molecular weight is 162 g/mol. The van der Waals surface area contributed by atoms with Gasteiger partial charge in [0.1, 0.15) is 12.4 Å². The number of benzene rings is 1. The van der Waals surface area contributed by atoms with Crippen molar-refractivity contribution in [2.24, 2.45) is 0 Å². The van der Waals surface area contributed by atoms with Crippen LogP contribution in [0.4, 0.5) is 0 Å². The van der Waals surface area contributed by atoms with Gasteiger partial charge in [0.05, 0.1) is 0 Å². The van der Waals surface area contributed by atoms with E-state index in [0.29, 0.717) is 6.61 Å². The molecule has 0 fully saturated rings. The Bertz CT molecular complexity index is 245. The standard InChI is InChI=1S/C11H14O/c1-10(2)8-9-12-11-6-4-3-5-7-11/h3-8H,9H2,1-2H3. The molecule has 1 rings (SSSR count). The highest BCUT2D eigenvalue weighted by atomic mass is 16.5. The van der Waals surface area contributed by atoms with Gasteiger partial charge in [0, 0.05) is 0 Å². The van der Waals surface area contributed by atoms with Crippen LogP contribution in [0.5, 0.6) is 5.75 Å². The summed E-state index contributed by atoms with van der Waals surface area (Å²) in [5.74, 6) is 0.926. The van der Waals surface area contributed by atoms with Crippen LogP contribution in [0, 0.1) is 0 Å². The maximum Gasteiger partial charge on any atom is 0.119 e. The van der Waals surface area contributed by atoms with Crippen molar-refractivity contribution >= 4 is 0 Å². The van der Waals surface area contributed by atoms with Gasteiger partial charge in [0.2, 0.25) is 0 Å². The van der Waals surface area contributed by atoms with Crippen molar-refractivity contribution in [2.75, 3.05) is 6.61 Å². The third-order valence-electron chi connectivity index (χ3n) is 1.48. The SMILES string of the molecule is CC(C)=CCOc1ccccc1. The van der Waals surface area contributed by atoms with Gasteiger partial charge in [-0.25, -0.2) is 0 Å². The van der Waals surface area contributed by atoms with Crippen molar-refractivity contribution < 1.29 is 4.74 Å². The Morgan fingerprint density at radius 2 is 1.92 bits per heavy atom. The lowest BCUT2D eigenvalue weighted by molar-refractivity contribution is 0.362. The zero-order valence-corrected chi connectivity index (χ0v) is 7.58. The molecule has 0 saturated heterocycles. The first-order valence-electron chi connectivity index (χ1n) is 4.10. The molecule has 0 aliphatic rings. The van der Waals surface area contributed by atoms with Crippen LogP contribution >= 0.6 is 0 Å². The van der Waals surface area contributed by atoms with E-state index in [2.05, 4.69) is 19.9 Å². The largest absolute Gasteiger partial charge is 0.490 e. The normalized spacial score (nSPS) is 9.17. The first kappa shape index (κ1) is 8.85. The number of hydrogen-bond donors (Lipinski definition) is 0. The summed E-state index contributed by atoms with van der Waals surface area (Å²) in [5, 5.41) is 0. The summed E-state index contributed by atoms with van der Waals surface area (Å²) in [6.07, 6.45) is 2.06. The monoisotopic (exact) mass is 162 g/mol. The van der Waals surface area contributed by atoms with E-state index in [0.717, 1.165) is 5.75 Å². The molecule has 0 radical (unpaired) electrons. The van der Waals surface area contributed by atoms with Gasteiger partial charge in [0.25, 0.3) is 0 Å². The lowest BCUT2D eigenvalue weighted by Gasteiger charge is -2.01. The fourth-order valence-electron chi connectivity index (χ4n) is 0.821. The number of rotatable bonds is 3. The minimum atomic E-state index is 0.659. The van der Waals surface area contributed by atoms with Crippen LogP contribution in [0.15, 0.2) is 42.0 Å². The lowest BCUT2D eigenvalue weighted by Crippen LogP contribution is -1.93. The molecule has 0 aliphatic carbocycles. The zero-order chi connectivity index (χ0) is 8.81. The molecule has 0 saturated carbocycles. The molecule has 0 aliphatic heterocycles. The Labute approximate surface area is 73.7 Å². The van der Waals surface area contributed by atoms with Crippen molar-refractivity contribution in [3.63, 3.8) is 0 Å². The average Bonchev–Trinajstić information content (AvgIpc) is 2.05. The highest BCUT2D eigenvalue weighted by Crippen LogP contribution is 2.07. The molecule has 0 atom stereocenters. The minimum absolute atomic E-state index is 0.659. The minimum Gasteiger partial charge on any atom is -0.490 e. The van der Waals surface area contributed by atoms with Gasteiger partial charge in [-0.15, -0.1) is 0 Å². The second-order valence-corrected chi connectivity index (χ2v) is 2.91. The summed E-state index contributed by atoms with van der Waals surface area (Å²) < 4.78 is 5.44. The lowest BCUT2D eigenvalue weighted by atomic mass is 10.3. The van der Waals surface area contributed by atoms with E-state index in [-0.39, 0.29) is 0 Å². The fourth-order valence-corrected chi connectivity index (χ4v) is 0.821. The van der Waals surface area contributed by atoms with E-state index in [1.54, 1.807) is 0 Å². The van der Waals surface area contributed by atoms with Gasteiger partial charge in [0.15, 0.2) is 0 Å². The summed E-state index contributed by atoms with van der Waals surface area (Å²) in [6.45, 7) is 4.79. The summed E-state index contributed by atoms with van der Waals surface area (Å²) >= 11 is 0. The smallest absolute Gasteiger partial charge is 0.119 e. The number of allylic oxidation sites excluding steroid dienone is 1. The van der Waals surface area contributed by atoms with Gasteiger partial charge in [-0.1, -0.05) is 23.8 Å².